The zero-order valence-corrected chi connectivity index (χ0v) is 13.3. The van der Waals surface area contributed by atoms with Gasteiger partial charge in [-0.3, -0.25) is 0 Å². The number of carbonyl (C=O) groups excluding carboxylic acids is 3. The van der Waals surface area contributed by atoms with E-state index in [9.17, 15) is 14.4 Å². The average Bonchev–Trinajstić information content (AvgIpc) is 2.42. The van der Waals surface area contributed by atoms with E-state index >= 15 is 0 Å². The largest absolute Gasteiger partial charge is 0.235 e. The van der Waals surface area contributed by atoms with Gasteiger partial charge in [-0.25, -0.2) is 24.4 Å². The Morgan fingerprint density at radius 1 is 1.05 bits per heavy atom. The first-order valence-electron chi connectivity index (χ1n) is 6.90. The third-order valence-electron chi connectivity index (χ3n) is 3.42. The van der Waals surface area contributed by atoms with Crippen molar-refractivity contribution < 1.29 is 14.4 Å². The van der Waals surface area contributed by atoms with Gasteiger partial charge in [0.2, 0.25) is 18.2 Å². The standard InChI is InChI=1S/C12H18N2O2.C4H3NO/c1-11(2)4-10(14-9-16)5-12(3,6-11)7-13-8-15;1-2-3-5-4-6/h10H,4-7H2,1-3H3;1H,3H2. The highest BCUT2D eigenvalue weighted by Crippen LogP contribution is 2.47. The Hall–Kier alpha value is -2.30. The molecule has 0 radical (unpaired) electrons. The van der Waals surface area contributed by atoms with E-state index < -0.39 is 0 Å². The summed E-state index contributed by atoms with van der Waals surface area (Å²) in [5.74, 6) is 2.14. The molecule has 118 valence electrons. The first kappa shape index (κ1) is 19.7. The minimum atomic E-state index is -0.0653. The van der Waals surface area contributed by atoms with Crippen LogP contribution in [0.5, 0.6) is 0 Å². The third-order valence-corrected chi connectivity index (χ3v) is 3.42. The minimum Gasteiger partial charge on any atom is -0.211 e. The quantitative estimate of drug-likeness (QED) is 0.453. The number of nitrogens with zero attached hydrogens (tertiary/aromatic N) is 3. The Bertz CT molecular complexity index is 545. The van der Waals surface area contributed by atoms with Gasteiger partial charge in [-0.05, 0) is 30.1 Å². The zero-order valence-electron chi connectivity index (χ0n) is 13.3. The molecular weight excluding hydrogens is 282 g/mol. The molecule has 22 heavy (non-hydrogen) atoms. The van der Waals surface area contributed by atoms with Gasteiger partial charge in [0.15, 0.2) is 0 Å². The van der Waals surface area contributed by atoms with Crippen molar-refractivity contribution in [1.82, 2.24) is 0 Å². The van der Waals surface area contributed by atoms with Crippen LogP contribution in [0.1, 0.15) is 40.0 Å². The summed E-state index contributed by atoms with van der Waals surface area (Å²) in [6, 6.07) is 0.00750. The Labute approximate surface area is 130 Å². The topological polar surface area (TPSA) is 88.3 Å². The van der Waals surface area contributed by atoms with Gasteiger partial charge in [0.1, 0.15) is 6.54 Å². The average molecular weight is 303 g/mol. The molecule has 0 N–H and O–H groups in total. The number of hydrogen-bond donors (Lipinski definition) is 0. The van der Waals surface area contributed by atoms with Crippen molar-refractivity contribution in [2.24, 2.45) is 25.8 Å². The summed E-state index contributed by atoms with van der Waals surface area (Å²) < 4.78 is 0. The molecular formula is C16H21N3O3. The highest BCUT2D eigenvalue weighted by Gasteiger charge is 2.41. The molecule has 1 fully saturated rings. The third kappa shape index (κ3) is 8.09. The molecule has 6 heteroatoms. The van der Waals surface area contributed by atoms with Crippen molar-refractivity contribution in [3.8, 4) is 12.3 Å². The summed E-state index contributed by atoms with van der Waals surface area (Å²) in [6.07, 6.45) is 11.9. The SMILES string of the molecule is C#CCN=C=O.CC1(C)CC(N=C=O)CC(C)(CN=C=O)C1. The molecule has 6 nitrogen and oxygen atoms in total. The van der Waals surface area contributed by atoms with E-state index in [-0.39, 0.29) is 23.4 Å². The fourth-order valence-electron chi connectivity index (χ4n) is 3.17. The lowest BCUT2D eigenvalue weighted by Gasteiger charge is -2.44. The van der Waals surface area contributed by atoms with Crippen molar-refractivity contribution in [1.29, 1.82) is 0 Å². The van der Waals surface area contributed by atoms with Crippen molar-refractivity contribution in [2.45, 2.75) is 46.1 Å². The molecule has 0 aromatic carbocycles. The van der Waals surface area contributed by atoms with Crippen LogP contribution >= 0.6 is 0 Å². The van der Waals surface area contributed by atoms with E-state index in [0.29, 0.717) is 6.54 Å². The molecule has 0 spiro atoms. The van der Waals surface area contributed by atoms with Gasteiger partial charge in [-0.15, -0.1) is 6.42 Å². The summed E-state index contributed by atoms with van der Waals surface area (Å²) in [4.78, 5) is 40.3. The molecule has 2 unspecified atom stereocenters. The van der Waals surface area contributed by atoms with Crippen LogP contribution in [0.2, 0.25) is 0 Å². The number of rotatable bonds is 4. The Morgan fingerprint density at radius 2 is 1.68 bits per heavy atom. The van der Waals surface area contributed by atoms with E-state index in [0.717, 1.165) is 19.3 Å². The highest BCUT2D eigenvalue weighted by atomic mass is 16.1. The van der Waals surface area contributed by atoms with Crippen LogP contribution in [-0.2, 0) is 14.4 Å². The van der Waals surface area contributed by atoms with E-state index in [1.165, 1.54) is 6.08 Å². The van der Waals surface area contributed by atoms with Crippen molar-refractivity contribution in [3.63, 3.8) is 0 Å². The van der Waals surface area contributed by atoms with Crippen LogP contribution in [0.4, 0.5) is 0 Å². The first-order valence-corrected chi connectivity index (χ1v) is 6.90. The molecule has 0 heterocycles. The van der Waals surface area contributed by atoms with Crippen molar-refractivity contribution in [2.75, 3.05) is 13.1 Å². The van der Waals surface area contributed by atoms with Crippen LogP contribution in [0.25, 0.3) is 0 Å². The molecule has 0 saturated heterocycles. The summed E-state index contributed by atoms with van der Waals surface area (Å²) in [6.45, 7) is 7.00. The second-order valence-corrected chi connectivity index (χ2v) is 6.45. The Balaban J connectivity index is 0.000000626. The van der Waals surface area contributed by atoms with Gasteiger partial charge in [0.25, 0.3) is 0 Å². The smallest absolute Gasteiger partial charge is 0.211 e. The van der Waals surface area contributed by atoms with E-state index in [4.69, 9.17) is 6.42 Å². The van der Waals surface area contributed by atoms with E-state index in [1.54, 1.807) is 12.2 Å². The molecule has 1 aliphatic rings. The van der Waals surface area contributed by atoms with Crippen LogP contribution in [0, 0.1) is 23.2 Å². The second kappa shape index (κ2) is 9.60. The maximum Gasteiger partial charge on any atom is 0.235 e. The number of isocyanates is 3. The monoisotopic (exact) mass is 303 g/mol. The maximum absolute atomic E-state index is 10.3. The molecule has 2 atom stereocenters. The molecule has 0 aliphatic heterocycles. The van der Waals surface area contributed by atoms with Crippen LogP contribution in [0.15, 0.2) is 15.0 Å². The van der Waals surface area contributed by atoms with Gasteiger partial charge in [-0.1, -0.05) is 26.7 Å². The Kier molecular flexibility index (Phi) is 8.60. The summed E-state index contributed by atoms with van der Waals surface area (Å²) in [5.41, 5.74) is 0.0561. The highest BCUT2D eigenvalue weighted by molar-refractivity contribution is 5.34. The van der Waals surface area contributed by atoms with Crippen molar-refractivity contribution >= 4 is 18.2 Å². The normalized spacial score (nSPS) is 24.9. The number of aliphatic imine (C=N–C) groups is 3. The summed E-state index contributed by atoms with van der Waals surface area (Å²) in [5, 5.41) is 0. The first-order chi connectivity index (χ1) is 10.3. The minimum absolute atomic E-state index is 0.00750. The van der Waals surface area contributed by atoms with Crippen LogP contribution in [-0.4, -0.2) is 37.4 Å². The lowest BCUT2D eigenvalue weighted by molar-refractivity contribution is 0.0915. The number of terminal acetylenes is 1. The van der Waals surface area contributed by atoms with Gasteiger partial charge >= 0.3 is 0 Å². The van der Waals surface area contributed by atoms with Crippen molar-refractivity contribution in [3.05, 3.63) is 0 Å². The Morgan fingerprint density at radius 3 is 2.14 bits per heavy atom. The maximum atomic E-state index is 10.3. The lowest BCUT2D eigenvalue weighted by atomic mass is 9.63. The molecule has 0 aromatic heterocycles. The summed E-state index contributed by atoms with van der Waals surface area (Å²) >= 11 is 0. The van der Waals surface area contributed by atoms with Gasteiger partial charge in [0.05, 0.1) is 12.6 Å². The lowest BCUT2D eigenvalue weighted by Crippen LogP contribution is -2.39. The van der Waals surface area contributed by atoms with Crippen LogP contribution < -0.4 is 0 Å². The van der Waals surface area contributed by atoms with Gasteiger partial charge in [-0.2, -0.15) is 4.99 Å². The zero-order chi connectivity index (χ0) is 17.1. The van der Waals surface area contributed by atoms with E-state index in [1.807, 2.05) is 0 Å². The molecule has 1 saturated carbocycles. The molecule has 1 aliphatic carbocycles. The molecule has 1 rings (SSSR count). The molecule has 0 aromatic rings. The van der Waals surface area contributed by atoms with E-state index in [2.05, 4.69) is 41.7 Å². The van der Waals surface area contributed by atoms with Gasteiger partial charge < -0.3 is 0 Å². The fourth-order valence-corrected chi connectivity index (χ4v) is 3.17. The molecule has 0 bridgehead atoms. The van der Waals surface area contributed by atoms with Crippen LogP contribution in [0.3, 0.4) is 0 Å². The molecule has 0 amide bonds. The predicted molar refractivity (Wildman–Crippen MR) is 82.5 cm³/mol. The fraction of sp³-hybridized carbons (Fsp3) is 0.688. The predicted octanol–water partition coefficient (Wildman–Crippen LogP) is 2.20. The summed E-state index contributed by atoms with van der Waals surface area (Å²) in [7, 11) is 0. The second-order valence-electron chi connectivity index (χ2n) is 6.45. The van der Waals surface area contributed by atoms with Gasteiger partial charge in [0, 0.05) is 0 Å². The number of hydrogen-bond acceptors (Lipinski definition) is 6.